The van der Waals surface area contributed by atoms with Crippen molar-refractivity contribution in [1.29, 1.82) is 0 Å². The van der Waals surface area contributed by atoms with Gasteiger partial charge in [-0.1, -0.05) is 12.1 Å². The van der Waals surface area contributed by atoms with Crippen molar-refractivity contribution in [1.82, 2.24) is 0 Å². The molecule has 0 aliphatic rings. The third-order valence-corrected chi connectivity index (χ3v) is 2.73. The molecule has 0 unspecified atom stereocenters. The molecule has 0 aliphatic carbocycles. The molecular weight excluding hydrogens is 244 g/mol. The Hall–Kier alpha value is -1.69. The van der Waals surface area contributed by atoms with Crippen molar-refractivity contribution in [2.45, 2.75) is 0 Å². The summed E-state index contributed by atoms with van der Waals surface area (Å²) in [4.78, 5) is 21.1. The largest absolute Gasteiger partial charge is 0.492 e. The number of thioether (sulfide) groups is 1. The lowest BCUT2D eigenvalue weighted by Gasteiger charge is -2.07. The number of hydrogen-bond acceptors (Lipinski definition) is 4. The second-order valence-electron chi connectivity index (χ2n) is 3.10. The van der Waals surface area contributed by atoms with Crippen LogP contribution in [0.5, 0.6) is 5.75 Å². The Morgan fingerprint density at radius 2 is 1.94 bits per heavy atom. The van der Waals surface area contributed by atoms with Gasteiger partial charge in [-0.05, 0) is 12.1 Å². The maximum Gasteiger partial charge on any atom is 0.339 e. The van der Waals surface area contributed by atoms with Gasteiger partial charge in [0.15, 0.2) is 0 Å². The summed E-state index contributed by atoms with van der Waals surface area (Å²) in [5.41, 5.74) is 0.107. The van der Waals surface area contributed by atoms with E-state index in [4.69, 9.17) is 14.9 Å². The molecule has 92 valence electrons. The normalized spacial score (nSPS) is 9.88. The van der Waals surface area contributed by atoms with Crippen molar-refractivity contribution >= 4 is 23.7 Å². The van der Waals surface area contributed by atoms with Crippen LogP contribution in [-0.2, 0) is 4.79 Å². The molecule has 0 fully saturated rings. The van der Waals surface area contributed by atoms with Crippen LogP contribution in [0.3, 0.4) is 0 Å². The van der Waals surface area contributed by atoms with E-state index < -0.39 is 11.9 Å². The van der Waals surface area contributed by atoms with Crippen LogP contribution in [0, 0.1) is 0 Å². The first-order chi connectivity index (χ1) is 8.11. The number of hydrogen-bond donors (Lipinski definition) is 2. The SMILES string of the molecule is O=C(O)CSCCOc1ccccc1C(=O)O. The lowest BCUT2D eigenvalue weighted by atomic mass is 10.2. The second kappa shape index (κ2) is 6.80. The first-order valence-electron chi connectivity index (χ1n) is 4.86. The number of aliphatic carboxylic acids is 1. The van der Waals surface area contributed by atoms with Gasteiger partial charge in [0.2, 0.25) is 0 Å². The predicted octanol–water partition coefficient (Wildman–Crippen LogP) is 1.58. The number of carboxylic acids is 2. The molecule has 0 atom stereocenters. The average molecular weight is 256 g/mol. The van der Waals surface area contributed by atoms with Crippen LogP contribution in [0.2, 0.25) is 0 Å². The predicted molar refractivity (Wildman–Crippen MR) is 63.9 cm³/mol. The molecule has 6 heteroatoms. The Bertz CT molecular complexity index is 405. The smallest absolute Gasteiger partial charge is 0.339 e. The molecule has 0 saturated carbocycles. The summed E-state index contributed by atoms with van der Waals surface area (Å²) >= 11 is 1.22. The number of rotatable bonds is 7. The molecule has 0 bridgehead atoms. The standard InChI is InChI=1S/C11H12O5S/c12-10(13)7-17-6-5-16-9-4-2-1-3-8(9)11(14)15/h1-4H,5-7H2,(H,12,13)(H,14,15). The lowest BCUT2D eigenvalue weighted by molar-refractivity contribution is -0.133. The fraction of sp³-hybridized carbons (Fsp3) is 0.273. The molecular formula is C11H12O5S. The van der Waals surface area contributed by atoms with Gasteiger partial charge in [-0.3, -0.25) is 4.79 Å². The average Bonchev–Trinajstić information content (AvgIpc) is 2.28. The molecule has 17 heavy (non-hydrogen) atoms. The van der Waals surface area contributed by atoms with E-state index in [1.54, 1.807) is 18.2 Å². The highest BCUT2D eigenvalue weighted by Gasteiger charge is 2.09. The van der Waals surface area contributed by atoms with Crippen molar-refractivity contribution in [3.05, 3.63) is 29.8 Å². The van der Waals surface area contributed by atoms with E-state index in [0.717, 1.165) is 0 Å². The molecule has 0 amide bonds. The Morgan fingerprint density at radius 3 is 2.59 bits per heavy atom. The first kappa shape index (κ1) is 13.4. The molecule has 1 aromatic carbocycles. The van der Waals surface area contributed by atoms with E-state index in [0.29, 0.717) is 11.5 Å². The molecule has 1 aromatic rings. The van der Waals surface area contributed by atoms with E-state index in [9.17, 15) is 9.59 Å². The third-order valence-electron chi connectivity index (χ3n) is 1.83. The minimum Gasteiger partial charge on any atom is -0.492 e. The summed E-state index contributed by atoms with van der Waals surface area (Å²) in [7, 11) is 0. The zero-order chi connectivity index (χ0) is 12.7. The summed E-state index contributed by atoms with van der Waals surface area (Å²) in [5, 5.41) is 17.3. The third kappa shape index (κ3) is 4.78. The molecule has 0 radical (unpaired) electrons. The van der Waals surface area contributed by atoms with Crippen molar-refractivity contribution in [3.8, 4) is 5.75 Å². The second-order valence-corrected chi connectivity index (χ2v) is 4.20. The topological polar surface area (TPSA) is 83.8 Å². The van der Waals surface area contributed by atoms with Gasteiger partial charge in [-0.15, -0.1) is 11.8 Å². The van der Waals surface area contributed by atoms with Crippen molar-refractivity contribution < 1.29 is 24.5 Å². The Morgan fingerprint density at radius 1 is 1.24 bits per heavy atom. The van der Waals surface area contributed by atoms with Crippen molar-refractivity contribution in [3.63, 3.8) is 0 Å². The first-order valence-corrected chi connectivity index (χ1v) is 6.01. The molecule has 5 nitrogen and oxygen atoms in total. The quantitative estimate of drug-likeness (QED) is 0.721. The summed E-state index contributed by atoms with van der Waals surface area (Å²) < 4.78 is 5.29. The number of carbonyl (C=O) groups is 2. The van der Waals surface area contributed by atoms with E-state index in [2.05, 4.69) is 0 Å². The Kier molecular flexibility index (Phi) is 5.35. The minimum atomic E-state index is -1.04. The highest BCUT2D eigenvalue weighted by molar-refractivity contribution is 7.99. The van der Waals surface area contributed by atoms with Crippen LogP contribution in [0.15, 0.2) is 24.3 Å². The molecule has 0 spiro atoms. The van der Waals surface area contributed by atoms with E-state index in [1.807, 2.05) is 0 Å². The zero-order valence-electron chi connectivity index (χ0n) is 8.96. The maximum atomic E-state index is 10.8. The summed E-state index contributed by atoms with van der Waals surface area (Å²) in [6.07, 6.45) is 0. The Balaban J connectivity index is 2.41. The molecule has 0 aromatic heterocycles. The molecule has 0 saturated heterocycles. The van der Waals surface area contributed by atoms with Gasteiger partial charge in [-0.25, -0.2) is 4.79 Å². The Labute approximate surface area is 102 Å². The van der Waals surface area contributed by atoms with Crippen LogP contribution in [0.1, 0.15) is 10.4 Å². The number of benzene rings is 1. The van der Waals surface area contributed by atoms with Crippen LogP contribution < -0.4 is 4.74 Å². The van der Waals surface area contributed by atoms with E-state index in [1.165, 1.54) is 17.8 Å². The van der Waals surface area contributed by atoms with E-state index in [-0.39, 0.29) is 17.9 Å². The zero-order valence-corrected chi connectivity index (χ0v) is 9.77. The number of carboxylic acid groups (broad SMARTS) is 2. The molecule has 2 N–H and O–H groups in total. The van der Waals surface area contributed by atoms with Gasteiger partial charge in [0.05, 0.1) is 12.4 Å². The summed E-state index contributed by atoms with van der Waals surface area (Å²) in [6.45, 7) is 0.280. The van der Waals surface area contributed by atoms with Crippen molar-refractivity contribution in [2.75, 3.05) is 18.1 Å². The lowest BCUT2D eigenvalue weighted by Crippen LogP contribution is -2.07. The molecule has 0 heterocycles. The van der Waals surface area contributed by atoms with Gasteiger partial charge >= 0.3 is 11.9 Å². The fourth-order valence-corrected chi connectivity index (χ4v) is 1.66. The highest BCUT2D eigenvalue weighted by atomic mass is 32.2. The van der Waals surface area contributed by atoms with Gasteiger partial charge in [0.1, 0.15) is 11.3 Å². The highest BCUT2D eigenvalue weighted by Crippen LogP contribution is 2.17. The van der Waals surface area contributed by atoms with Gasteiger partial charge in [-0.2, -0.15) is 0 Å². The number of ether oxygens (including phenoxy) is 1. The monoisotopic (exact) mass is 256 g/mol. The molecule has 1 rings (SSSR count). The van der Waals surface area contributed by atoms with Crippen LogP contribution in [0.4, 0.5) is 0 Å². The van der Waals surface area contributed by atoms with Crippen LogP contribution in [-0.4, -0.2) is 40.3 Å². The summed E-state index contributed by atoms with van der Waals surface area (Å²) in [6, 6.07) is 6.34. The van der Waals surface area contributed by atoms with Crippen LogP contribution in [0.25, 0.3) is 0 Å². The van der Waals surface area contributed by atoms with Gasteiger partial charge in [0, 0.05) is 5.75 Å². The maximum absolute atomic E-state index is 10.8. The van der Waals surface area contributed by atoms with E-state index >= 15 is 0 Å². The summed E-state index contributed by atoms with van der Waals surface area (Å²) in [5.74, 6) is -1.10. The van der Waals surface area contributed by atoms with Crippen molar-refractivity contribution in [2.24, 2.45) is 0 Å². The minimum absolute atomic E-state index is 0.0178. The van der Waals surface area contributed by atoms with Gasteiger partial charge < -0.3 is 14.9 Å². The fourth-order valence-electron chi connectivity index (χ4n) is 1.14. The van der Waals surface area contributed by atoms with Gasteiger partial charge in [0.25, 0.3) is 0 Å². The molecule has 0 aliphatic heterocycles. The number of aromatic carboxylic acids is 1. The number of para-hydroxylation sites is 1. The van der Waals surface area contributed by atoms with Crippen LogP contribution >= 0.6 is 11.8 Å².